The maximum atomic E-state index is 5.98. The van der Waals surface area contributed by atoms with Crippen molar-refractivity contribution < 1.29 is 4.74 Å². The van der Waals surface area contributed by atoms with Gasteiger partial charge in [-0.2, -0.15) is 0 Å². The van der Waals surface area contributed by atoms with Gasteiger partial charge in [-0.3, -0.25) is 4.90 Å². The molecule has 2 heterocycles. The molecule has 1 fully saturated rings. The van der Waals surface area contributed by atoms with E-state index in [1.807, 2.05) is 12.1 Å². The van der Waals surface area contributed by atoms with Gasteiger partial charge in [0.15, 0.2) is 0 Å². The molecule has 1 saturated heterocycles. The van der Waals surface area contributed by atoms with Crippen LogP contribution in [0.25, 0.3) is 0 Å². The van der Waals surface area contributed by atoms with Crippen molar-refractivity contribution in [2.75, 3.05) is 20.2 Å². The highest BCUT2D eigenvalue weighted by Crippen LogP contribution is 2.21. The number of nitrogens with zero attached hydrogens (tertiary/aromatic N) is 2. The third-order valence-corrected chi connectivity index (χ3v) is 3.47. The molecule has 92 valence electrons. The van der Waals surface area contributed by atoms with Crippen molar-refractivity contribution >= 4 is 11.6 Å². The first kappa shape index (κ1) is 12.4. The fourth-order valence-corrected chi connectivity index (χ4v) is 2.00. The van der Waals surface area contributed by atoms with Gasteiger partial charge < -0.3 is 4.74 Å². The van der Waals surface area contributed by atoms with E-state index in [0.29, 0.717) is 24.2 Å². The highest BCUT2D eigenvalue weighted by molar-refractivity contribution is 6.30. The van der Waals surface area contributed by atoms with Crippen LogP contribution in [-0.4, -0.2) is 36.1 Å². The summed E-state index contributed by atoms with van der Waals surface area (Å²) in [7, 11) is 2.11. The molecule has 1 aliphatic heterocycles. The second-order valence-electron chi connectivity index (χ2n) is 4.35. The van der Waals surface area contributed by atoms with Crippen LogP contribution in [0.3, 0.4) is 0 Å². The van der Waals surface area contributed by atoms with E-state index >= 15 is 0 Å². The van der Waals surface area contributed by atoms with E-state index < -0.39 is 0 Å². The lowest BCUT2D eigenvalue weighted by Crippen LogP contribution is -2.48. The van der Waals surface area contributed by atoms with Crippen molar-refractivity contribution in [3.8, 4) is 5.75 Å². The fourth-order valence-electron chi connectivity index (χ4n) is 1.82. The standard InChI is InChI=1S/C13H17ClN2O/c1-3-4-10-7-12(8-15-13(10)14)17-9-11-5-6-16(11)2/h3,7-8,11H,1,4-6,9H2,2H3. The van der Waals surface area contributed by atoms with Gasteiger partial charge in [0.05, 0.1) is 6.20 Å². The zero-order valence-corrected chi connectivity index (χ0v) is 10.8. The second-order valence-corrected chi connectivity index (χ2v) is 4.71. The molecule has 0 amide bonds. The number of pyridine rings is 1. The Hall–Kier alpha value is -1.06. The van der Waals surface area contributed by atoms with E-state index in [0.717, 1.165) is 17.9 Å². The monoisotopic (exact) mass is 252 g/mol. The molecule has 1 aromatic heterocycles. The molecule has 1 aliphatic rings. The topological polar surface area (TPSA) is 25.4 Å². The molecule has 0 spiro atoms. The van der Waals surface area contributed by atoms with Gasteiger partial charge >= 0.3 is 0 Å². The van der Waals surface area contributed by atoms with Crippen LogP contribution < -0.4 is 4.74 Å². The van der Waals surface area contributed by atoms with Crippen molar-refractivity contribution in [3.63, 3.8) is 0 Å². The second kappa shape index (κ2) is 5.52. The van der Waals surface area contributed by atoms with Crippen molar-refractivity contribution in [3.05, 3.63) is 35.6 Å². The maximum absolute atomic E-state index is 5.98. The first-order valence-corrected chi connectivity index (χ1v) is 6.17. The summed E-state index contributed by atoms with van der Waals surface area (Å²) in [5, 5.41) is 0.526. The van der Waals surface area contributed by atoms with E-state index in [1.165, 1.54) is 6.42 Å². The highest BCUT2D eigenvalue weighted by Gasteiger charge is 2.24. The van der Waals surface area contributed by atoms with E-state index in [2.05, 4.69) is 23.5 Å². The lowest BCUT2D eigenvalue weighted by Gasteiger charge is -2.37. The number of ether oxygens (including phenoxy) is 1. The van der Waals surface area contributed by atoms with Crippen LogP contribution in [0.15, 0.2) is 24.9 Å². The van der Waals surface area contributed by atoms with Gasteiger partial charge in [-0.15, -0.1) is 6.58 Å². The Balaban J connectivity index is 1.95. The molecule has 1 unspecified atom stereocenters. The summed E-state index contributed by atoms with van der Waals surface area (Å²) in [4.78, 5) is 6.40. The molecular formula is C13H17ClN2O. The van der Waals surface area contributed by atoms with E-state index in [9.17, 15) is 0 Å². The summed E-state index contributed by atoms with van der Waals surface area (Å²) in [6.45, 7) is 5.58. The predicted molar refractivity (Wildman–Crippen MR) is 69.7 cm³/mol. The Bertz CT molecular complexity index is 408. The molecular weight excluding hydrogens is 236 g/mol. The molecule has 0 radical (unpaired) electrons. The number of likely N-dealkylation sites (N-methyl/N-ethyl adjacent to an activating group) is 1. The molecule has 0 bridgehead atoms. The van der Waals surface area contributed by atoms with Gasteiger partial charge in [0, 0.05) is 6.04 Å². The molecule has 4 heteroatoms. The number of hydrogen-bond donors (Lipinski definition) is 0. The quantitative estimate of drug-likeness (QED) is 0.595. The smallest absolute Gasteiger partial charge is 0.138 e. The van der Waals surface area contributed by atoms with Crippen LogP contribution in [0.2, 0.25) is 5.15 Å². The third-order valence-electron chi connectivity index (χ3n) is 3.13. The van der Waals surface area contributed by atoms with Crippen LogP contribution in [0, 0.1) is 0 Å². The Kier molecular flexibility index (Phi) is 4.02. The number of likely N-dealkylation sites (tertiary alicyclic amines) is 1. The van der Waals surface area contributed by atoms with Gasteiger partial charge in [-0.05, 0) is 38.1 Å². The Labute approximate surface area is 107 Å². The molecule has 0 aliphatic carbocycles. The average molecular weight is 253 g/mol. The fraction of sp³-hybridized carbons (Fsp3) is 0.462. The minimum atomic E-state index is 0.526. The molecule has 3 nitrogen and oxygen atoms in total. The summed E-state index contributed by atoms with van der Waals surface area (Å²) in [6.07, 6.45) is 5.41. The van der Waals surface area contributed by atoms with Gasteiger partial charge in [-0.25, -0.2) is 4.98 Å². The molecule has 0 saturated carbocycles. The van der Waals surface area contributed by atoms with Crippen LogP contribution >= 0.6 is 11.6 Å². The number of allylic oxidation sites excluding steroid dienone is 1. The van der Waals surface area contributed by atoms with Crippen molar-refractivity contribution in [2.45, 2.75) is 18.9 Å². The van der Waals surface area contributed by atoms with Crippen molar-refractivity contribution in [1.29, 1.82) is 0 Å². The van der Waals surface area contributed by atoms with E-state index in [-0.39, 0.29) is 0 Å². The SMILES string of the molecule is C=CCc1cc(OCC2CCN2C)cnc1Cl. The largest absolute Gasteiger partial charge is 0.490 e. The predicted octanol–water partition coefficient (Wildman–Crippen LogP) is 2.55. The Morgan fingerprint density at radius 1 is 1.71 bits per heavy atom. The van der Waals surface area contributed by atoms with Gasteiger partial charge in [-0.1, -0.05) is 17.7 Å². The van der Waals surface area contributed by atoms with Crippen LogP contribution in [-0.2, 0) is 6.42 Å². The van der Waals surface area contributed by atoms with Gasteiger partial charge in [0.2, 0.25) is 0 Å². The summed E-state index contributed by atoms with van der Waals surface area (Å²) in [5.41, 5.74) is 0.959. The number of hydrogen-bond acceptors (Lipinski definition) is 3. The van der Waals surface area contributed by atoms with Crippen LogP contribution in [0.4, 0.5) is 0 Å². The molecule has 1 atom stereocenters. The normalized spacial score (nSPS) is 19.8. The van der Waals surface area contributed by atoms with Crippen molar-refractivity contribution in [1.82, 2.24) is 9.88 Å². The lowest BCUT2D eigenvalue weighted by atomic mass is 10.1. The summed E-state index contributed by atoms with van der Waals surface area (Å²) >= 11 is 5.98. The highest BCUT2D eigenvalue weighted by atomic mass is 35.5. The first-order valence-electron chi connectivity index (χ1n) is 5.79. The molecule has 17 heavy (non-hydrogen) atoms. The minimum Gasteiger partial charge on any atom is -0.490 e. The number of aromatic nitrogens is 1. The maximum Gasteiger partial charge on any atom is 0.138 e. The van der Waals surface area contributed by atoms with E-state index in [1.54, 1.807) is 6.20 Å². The van der Waals surface area contributed by atoms with Gasteiger partial charge in [0.1, 0.15) is 17.5 Å². The Morgan fingerprint density at radius 2 is 2.53 bits per heavy atom. The summed E-state index contributed by atoms with van der Waals surface area (Å²) < 4.78 is 5.73. The lowest BCUT2D eigenvalue weighted by molar-refractivity contribution is 0.0767. The number of halogens is 1. The molecule has 0 N–H and O–H groups in total. The van der Waals surface area contributed by atoms with Crippen molar-refractivity contribution in [2.24, 2.45) is 0 Å². The van der Waals surface area contributed by atoms with E-state index in [4.69, 9.17) is 16.3 Å². The average Bonchev–Trinajstić information content (AvgIpc) is 2.32. The Morgan fingerprint density at radius 3 is 3.12 bits per heavy atom. The zero-order valence-electron chi connectivity index (χ0n) is 10.0. The summed E-state index contributed by atoms with van der Waals surface area (Å²) in [5.74, 6) is 0.784. The van der Waals surface area contributed by atoms with Crippen LogP contribution in [0.1, 0.15) is 12.0 Å². The summed E-state index contributed by atoms with van der Waals surface area (Å²) in [6, 6.07) is 2.48. The van der Waals surface area contributed by atoms with Gasteiger partial charge in [0.25, 0.3) is 0 Å². The molecule has 1 aromatic rings. The third kappa shape index (κ3) is 2.99. The minimum absolute atomic E-state index is 0.526. The molecule has 2 rings (SSSR count). The number of rotatable bonds is 5. The van der Waals surface area contributed by atoms with Crippen LogP contribution in [0.5, 0.6) is 5.75 Å². The zero-order chi connectivity index (χ0) is 12.3. The first-order chi connectivity index (χ1) is 8.20. The molecule has 0 aromatic carbocycles.